The van der Waals surface area contributed by atoms with Gasteiger partial charge in [0, 0.05) is 11.5 Å². The van der Waals surface area contributed by atoms with E-state index >= 15 is 0 Å². The summed E-state index contributed by atoms with van der Waals surface area (Å²) in [5.41, 5.74) is 0.149. The van der Waals surface area contributed by atoms with Crippen LogP contribution in [-0.4, -0.2) is 103 Å². The maximum atomic E-state index is 12.9. The summed E-state index contributed by atoms with van der Waals surface area (Å²) < 4.78 is 64.6. The molecule has 0 bridgehead atoms. The van der Waals surface area contributed by atoms with Gasteiger partial charge >= 0.3 is 5.97 Å². The number of rotatable bonds is 11. The van der Waals surface area contributed by atoms with E-state index in [0.29, 0.717) is 5.57 Å². The molecular weight excluding hydrogens is 601 g/mol. The van der Waals surface area contributed by atoms with Gasteiger partial charge in [0.05, 0.1) is 23.6 Å². The third kappa shape index (κ3) is 6.58. The van der Waals surface area contributed by atoms with E-state index in [1.165, 1.54) is 30.0 Å². The summed E-state index contributed by atoms with van der Waals surface area (Å²) in [6.45, 7) is -0.226. The molecule has 0 saturated carbocycles. The van der Waals surface area contributed by atoms with Crippen molar-refractivity contribution in [2.75, 3.05) is 17.3 Å². The minimum absolute atomic E-state index is 0.0294. The van der Waals surface area contributed by atoms with Crippen molar-refractivity contribution in [3.05, 3.63) is 41.1 Å². The molecule has 1 unspecified atom stereocenters. The first-order valence-corrected chi connectivity index (χ1v) is 15.9. The second-order valence-corrected chi connectivity index (χ2v) is 13.2. The first-order chi connectivity index (χ1) is 18.3. The van der Waals surface area contributed by atoms with E-state index in [0.717, 1.165) is 27.4 Å². The fourth-order valence-electron chi connectivity index (χ4n) is 3.89. The van der Waals surface area contributed by atoms with E-state index in [2.05, 4.69) is 20.8 Å². The van der Waals surface area contributed by atoms with E-state index in [-0.39, 0.29) is 34.5 Å². The molecule has 20 heteroatoms. The number of aromatic nitrogens is 4. The lowest BCUT2D eigenvalue weighted by molar-refractivity contribution is -0.150. The monoisotopic (exact) mass is 620 g/mol. The number of hydrogen-bond donors (Lipinski definition) is 4. The number of carboxylic acid groups (broad SMARTS) is 1. The number of tetrazole rings is 1. The van der Waals surface area contributed by atoms with Crippen LogP contribution >= 0.6 is 23.5 Å². The van der Waals surface area contributed by atoms with Crippen LogP contribution in [0.5, 0.6) is 0 Å². The molecule has 2 amide bonds. The lowest BCUT2D eigenvalue weighted by Gasteiger charge is -2.49. The molecule has 2 aliphatic rings. The maximum Gasteiger partial charge on any atom is 0.352 e. The Morgan fingerprint density at radius 1 is 1.18 bits per heavy atom. The minimum atomic E-state index is -4.57. The largest absolute Gasteiger partial charge is 0.477 e. The van der Waals surface area contributed by atoms with Crippen molar-refractivity contribution < 1.29 is 45.4 Å². The van der Waals surface area contributed by atoms with Gasteiger partial charge in [-0.15, -0.1) is 16.9 Å². The summed E-state index contributed by atoms with van der Waals surface area (Å²) in [5, 5.41) is 22.7. The number of aryl methyl sites for hydroxylation is 1. The molecule has 2 aromatic rings. The van der Waals surface area contributed by atoms with Crippen molar-refractivity contribution >= 4 is 61.5 Å². The van der Waals surface area contributed by atoms with Crippen LogP contribution in [0.4, 0.5) is 0 Å². The molecule has 39 heavy (non-hydrogen) atoms. The Labute approximate surface area is 229 Å². The van der Waals surface area contributed by atoms with Gasteiger partial charge in [-0.3, -0.25) is 23.6 Å². The van der Waals surface area contributed by atoms with Gasteiger partial charge in [-0.2, -0.15) is 16.8 Å². The first kappa shape index (κ1) is 29.0. The number of carboxylic acids is 1. The molecule has 1 fully saturated rings. The number of carbonyl (C=O) groups is 3. The van der Waals surface area contributed by atoms with Crippen LogP contribution in [0.25, 0.3) is 0 Å². The molecule has 4 rings (SSSR count). The fourth-order valence-corrected chi connectivity index (χ4v) is 7.40. The first-order valence-electron chi connectivity index (χ1n) is 10.8. The van der Waals surface area contributed by atoms with Crippen LogP contribution in [0.1, 0.15) is 5.56 Å². The molecule has 1 saturated heterocycles. The lowest BCUT2D eigenvalue weighted by Crippen LogP contribution is -2.70. The average molecular weight is 621 g/mol. The number of carbonyl (C=O) groups excluding carboxylic acids is 2. The Morgan fingerprint density at radius 2 is 1.90 bits per heavy atom. The van der Waals surface area contributed by atoms with E-state index < -0.39 is 66.5 Å². The Bertz CT molecular complexity index is 1570. The van der Waals surface area contributed by atoms with E-state index in [1.54, 1.807) is 0 Å². The second kappa shape index (κ2) is 11.2. The zero-order valence-electron chi connectivity index (χ0n) is 19.6. The van der Waals surface area contributed by atoms with Crippen LogP contribution < -0.4 is 5.32 Å². The third-order valence-electron chi connectivity index (χ3n) is 5.60. The second-order valence-electron chi connectivity index (χ2n) is 8.23. The highest BCUT2D eigenvalue weighted by molar-refractivity contribution is 8.01. The Hall–Kier alpha value is -3.04. The van der Waals surface area contributed by atoms with Gasteiger partial charge in [0.1, 0.15) is 17.1 Å². The average Bonchev–Trinajstić information content (AvgIpc) is 3.30. The molecule has 1 aromatic heterocycles. The summed E-state index contributed by atoms with van der Waals surface area (Å²) in [6, 6.07) is 4.31. The van der Waals surface area contributed by atoms with Crippen molar-refractivity contribution in [1.82, 2.24) is 30.4 Å². The van der Waals surface area contributed by atoms with Gasteiger partial charge in [0.15, 0.2) is 0 Å². The number of hydrogen-bond acceptors (Lipinski definition) is 12. The number of thioether (sulfide) groups is 2. The van der Waals surface area contributed by atoms with E-state index in [9.17, 15) is 40.9 Å². The van der Waals surface area contributed by atoms with Crippen LogP contribution in [0, 0.1) is 0 Å². The fraction of sp³-hybridized carbons (Fsp3) is 0.368. The molecule has 210 valence electrons. The third-order valence-corrected chi connectivity index (χ3v) is 9.64. The summed E-state index contributed by atoms with van der Waals surface area (Å²) >= 11 is 2.23. The van der Waals surface area contributed by atoms with Gasteiger partial charge < -0.3 is 10.4 Å². The summed E-state index contributed by atoms with van der Waals surface area (Å²) in [4.78, 5) is 38.2. The standard InChI is InChI=1S/C19H20N6O10S4/c26-13(7-10-3-1-2-4-12(10)39(33,34)35)20-14-16(27)25-15(18(28)29)11(8-36-17(14)25)9-37-19-21-22-23-24(19)5-6-38(30,31)32/h1-4,14,17H,5-9H2,(H,20,26)(H,28,29)(H,30,31,32)(H,33,34,35)/t14?,17-/m1/s1. The van der Waals surface area contributed by atoms with Crippen molar-refractivity contribution in [1.29, 1.82) is 0 Å². The number of benzene rings is 1. The number of amides is 2. The SMILES string of the molecule is O=C(Cc1ccccc1S(=O)(=O)O)NC1C(=O)N2C(C(=O)O)=C(CSc3nnnn3CCS(=O)(=O)O)CS[C@H]12. The summed E-state index contributed by atoms with van der Waals surface area (Å²) in [7, 11) is -8.82. The van der Waals surface area contributed by atoms with Crippen LogP contribution in [0.2, 0.25) is 0 Å². The molecule has 0 aliphatic carbocycles. The summed E-state index contributed by atoms with van der Waals surface area (Å²) in [5.74, 6) is -3.09. The number of fused-ring (bicyclic) bond motifs is 1. The maximum absolute atomic E-state index is 12.9. The van der Waals surface area contributed by atoms with Crippen molar-refractivity contribution in [2.45, 2.75) is 34.4 Å². The van der Waals surface area contributed by atoms with E-state index in [1.807, 2.05) is 0 Å². The number of nitrogens with one attached hydrogen (secondary N) is 1. The summed E-state index contributed by atoms with van der Waals surface area (Å²) in [6.07, 6.45) is -0.438. The molecule has 0 radical (unpaired) electrons. The predicted octanol–water partition coefficient (Wildman–Crippen LogP) is -1.12. The Morgan fingerprint density at radius 3 is 2.56 bits per heavy atom. The highest BCUT2D eigenvalue weighted by atomic mass is 32.2. The Balaban J connectivity index is 1.43. The number of nitrogens with zero attached hydrogens (tertiary/aromatic N) is 5. The number of β-lactam (4-membered cyclic amide) rings is 1. The van der Waals surface area contributed by atoms with Crippen molar-refractivity contribution in [3.63, 3.8) is 0 Å². The van der Waals surface area contributed by atoms with Crippen LogP contribution in [0.3, 0.4) is 0 Å². The van der Waals surface area contributed by atoms with Gasteiger partial charge in [-0.05, 0) is 27.6 Å². The quantitative estimate of drug-likeness (QED) is 0.132. The van der Waals surface area contributed by atoms with Crippen LogP contribution in [0.15, 0.2) is 45.6 Å². The van der Waals surface area contributed by atoms with E-state index in [4.69, 9.17) is 4.55 Å². The normalized spacial score (nSPS) is 19.4. The minimum Gasteiger partial charge on any atom is -0.477 e. The molecule has 2 atom stereocenters. The molecule has 1 aromatic carbocycles. The highest BCUT2D eigenvalue weighted by Gasteiger charge is 2.54. The predicted molar refractivity (Wildman–Crippen MR) is 135 cm³/mol. The highest BCUT2D eigenvalue weighted by Crippen LogP contribution is 2.41. The van der Waals surface area contributed by atoms with Gasteiger partial charge in [0.25, 0.3) is 26.1 Å². The van der Waals surface area contributed by atoms with Crippen molar-refractivity contribution in [3.8, 4) is 0 Å². The van der Waals surface area contributed by atoms with Gasteiger partial charge in [-0.25, -0.2) is 9.48 Å². The molecule has 0 spiro atoms. The molecule has 4 N–H and O–H groups in total. The van der Waals surface area contributed by atoms with Crippen LogP contribution in [-0.2, 0) is 47.6 Å². The topological polar surface area (TPSA) is 239 Å². The van der Waals surface area contributed by atoms with Crippen molar-refractivity contribution in [2.24, 2.45) is 0 Å². The molecule has 2 aliphatic heterocycles. The molecule has 3 heterocycles. The lowest BCUT2D eigenvalue weighted by atomic mass is 10.0. The zero-order chi connectivity index (χ0) is 28.5. The molecular formula is C19H20N6O10S4. The smallest absolute Gasteiger partial charge is 0.352 e. The Kier molecular flexibility index (Phi) is 8.33. The number of aliphatic carboxylic acids is 1. The zero-order valence-corrected chi connectivity index (χ0v) is 22.8. The molecule has 16 nitrogen and oxygen atoms in total. The van der Waals surface area contributed by atoms with Gasteiger partial charge in [-0.1, -0.05) is 30.0 Å². The van der Waals surface area contributed by atoms with Gasteiger partial charge in [0.2, 0.25) is 11.1 Å².